The van der Waals surface area contributed by atoms with Crippen LogP contribution in [-0.4, -0.2) is 37.2 Å². The minimum absolute atomic E-state index is 0.0846. The van der Waals surface area contributed by atoms with Crippen molar-refractivity contribution in [1.82, 2.24) is 0 Å². The SMILES string of the molecule is CC/C=C\C/C=C\C/C=C\C/C=C\CCCCCCCCCCC(=O)OC(COC(=O)CCCCCCC/C=C\CCCCCCCCC)COC(=O)CCCCCCCCCCCC/C=C\C/C=C\C/C=C\CCCCCCC. The predicted octanol–water partition coefficient (Wildman–Crippen LogP) is 23.6. The quantitative estimate of drug-likeness (QED) is 0.0261. The molecule has 6 heteroatoms. The van der Waals surface area contributed by atoms with Crippen LogP contribution in [-0.2, 0) is 28.6 Å². The summed E-state index contributed by atoms with van der Waals surface area (Å²) >= 11 is 0. The summed E-state index contributed by atoms with van der Waals surface area (Å²) < 4.78 is 17.0. The van der Waals surface area contributed by atoms with Gasteiger partial charge in [0, 0.05) is 19.3 Å². The molecule has 6 nitrogen and oxygen atoms in total. The van der Waals surface area contributed by atoms with Crippen molar-refractivity contribution in [3.63, 3.8) is 0 Å². The highest BCUT2D eigenvalue weighted by molar-refractivity contribution is 5.71. The van der Waals surface area contributed by atoms with Crippen LogP contribution in [0.3, 0.4) is 0 Å². The lowest BCUT2D eigenvalue weighted by Crippen LogP contribution is -2.30. The van der Waals surface area contributed by atoms with Crippen molar-refractivity contribution in [3.8, 4) is 0 Å². The van der Waals surface area contributed by atoms with Crippen LogP contribution in [0.1, 0.15) is 335 Å². The lowest BCUT2D eigenvalue weighted by molar-refractivity contribution is -0.167. The Bertz CT molecular complexity index is 1560. The Labute approximate surface area is 496 Å². The molecule has 0 amide bonds. The zero-order valence-electron chi connectivity index (χ0n) is 52.8. The number of allylic oxidation sites excluding steroid dienone is 16. The van der Waals surface area contributed by atoms with Crippen molar-refractivity contribution >= 4 is 17.9 Å². The molecule has 0 N–H and O–H groups in total. The summed E-state index contributed by atoms with van der Waals surface area (Å²) in [5.74, 6) is -0.891. The molecule has 0 radical (unpaired) electrons. The molecule has 460 valence electrons. The smallest absolute Gasteiger partial charge is 0.306 e. The summed E-state index contributed by atoms with van der Waals surface area (Å²) in [4.78, 5) is 38.4. The largest absolute Gasteiger partial charge is 0.462 e. The van der Waals surface area contributed by atoms with Crippen molar-refractivity contribution < 1.29 is 28.6 Å². The van der Waals surface area contributed by atoms with Gasteiger partial charge in [0.05, 0.1) is 0 Å². The van der Waals surface area contributed by atoms with Gasteiger partial charge in [-0.1, -0.05) is 291 Å². The van der Waals surface area contributed by atoms with Crippen LogP contribution in [0.5, 0.6) is 0 Å². The molecule has 0 aromatic heterocycles. The lowest BCUT2D eigenvalue weighted by Gasteiger charge is -2.18. The normalized spacial score (nSPS) is 12.7. The molecule has 1 atom stereocenters. The van der Waals surface area contributed by atoms with E-state index in [4.69, 9.17) is 14.2 Å². The fourth-order valence-electron chi connectivity index (χ4n) is 9.67. The number of hydrogen-bond acceptors (Lipinski definition) is 6. The first-order chi connectivity index (χ1) is 39.5. The van der Waals surface area contributed by atoms with Gasteiger partial charge in [0.25, 0.3) is 0 Å². The number of carbonyl (C=O) groups is 3. The third kappa shape index (κ3) is 65.1. The van der Waals surface area contributed by atoms with Crippen LogP contribution in [0.2, 0.25) is 0 Å². The van der Waals surface area contributed by atoms with Gasteiger partial charge >= 0.3 is 17.9 Å². The topological polar surface area (TPSA) is 78.9 Å². The molecule has 0 fully saturated rings. The Morgan fingerprint density at radius 3 is 0.775 bits per heavy atom. The van der Waals surface area contributed by atoms with Crippen LogP contribution in [0.4, 0.5) is 0 Å². The second kappa shape index (κ2) is 67.8. The first kappa shape index (κ1) is 76.3. The highest BCUT2D eigenvalue weighted by Gasteiger charge is 2.19. The van der Waals surface area contributed by atoms with Crippen LogP contribution in [0, 0.1) is 0 Å². The zero-order valence-corrected chi connectivity index (χ0v) is 52.8. The van der Waals surface area contributed by atoms with Crippen molar-refractivity contribution in [3.05, 3.63) is 97.2 Å². The molecule has 0 aromatic carbocycles. The maximum absolute atomic E-state index is 12.9. The van der Waals surface area contributed by atoms with E-state index in [1.165, 1.54) is 186 Å². The van der Waals surface area contributed by atoms with Crippen molar-refractivity contribution in [2.45, 2.75) is 341 Å². The van der Waals surface area contributed by atoms with Crippen molar-refractivity contribution in [2.24, 2.45) is 0 Å². The summed E-state index contributed by atoms with van der Waals surface area (Å²) in [7, 11) is 0. The van der Waals surface area contributed by atoms with E-state index in [1.54, 1.807) is 0 Å². The van der Waals surface area contributed by atoms with Gasteiger partial charge in [0.2, 0.25) is 0 Å². The number of carbonyl (C=O) groups excluding carboxylic acids is 3. The molecule has 0 rings (SSSR count). The van der Waals surface area contributed by atoms with E-state index in [-0.39, 0.29) is 31.1 Å². The van der Waals surface area contributed by atoms with Gasteiger partial charge in [-0.25, -0.2) is 0 Å². The third-order valence-corrected chi connectivity index (χ3v) is 14.8. The average molecular weight is 1110 g/mol. The zero-order chi connectivity index (χ0) is 57.8. The molecular weight excluding hydrogens is 985 g/mol. The molecule has 0 spiro atoms. The number of rotatable bonds is 62. The van der Waals surface area contributed by atoms with E-state index in [0.29, 0.717) is 19.3 Å². The van der Waals surface area contributed by atoms with E-state index < -0.39 is 6.10 Å². The lowest BCUT2D eigenvalue weighted by atomic mass is 10.1. The monoisotopic (exact) mass is 1110 g/mol. The van der Waals surface area contributed by atoms with Crippen molar-refractivity contribution in [1.29, 1.82) is 0 Å². The second-order valence-corrected chi connectivity index (χ2v) is 22.7. The van der Waals surface area contributed by atoms with Crippen LogP contribution in [0.25, 0.3) is 0 Å². The highest BCUT2D eigenvalue weighted by Crippen LogP contribution is 2.16. The van der Waals surface area contributed by atoms with E-state index in [2.05, 4.69) is 118 Å². The number of hydrogen-bond donors (Lipinski definition) is 0. The molecule has 0 aliphatic rings. The minimum atomic E-state index is -0.790. The van der Waals surface area contributed by atoms with Gasteiger partial charge in [0.1, 0.15) is 13.2 Å². The summed E-state index contributed by atoms with van der Waals surface area (Å²) in [6, 6.07) is 0. The minimum Gasteiger partial charge on any atom is -0.462 e. The van der Waals surface area contributed by atoms with Gasteiger partial charge in [-0.05, 0) is 122 Å². The van der Waals surface area contributed by atoms with Crippen LogP contribution >= 0.6 is 0 Å². The van der Waals surface area contributed by atoms with Crippen LogP contribution < -0.4 is 0 Å². The molecular formula is C74H128O6. The Morgan fingerprint density at radius 1 is 0.263 bits per heavy atom. The second-order valence-electron chi connectivity index (χ2n) is 22.7. The third-order valence-electron chi connectivity index (χ3n) is 14.8. The van der Waals surface area contributed by atoms with Gasteiger partial charge in [-0.2, -0.15) is 0 Å². The molecule has 80 heavy (non-hydrogen) atoms. The molecule has 0 bridgehead atoms. The van der Waals surface area contributed by atoms with Gasteiger partial charge in [-0.15, -0.1) is 0 Å². The molecule has 0 aliphatic heterocycles. The maximum atomic E-state index is 12.9. The van der Waals surface area contributed by atoms with Gasteiger partial charge in [-0.3, -0.25) is 14.4 Å². The Hall–Kier alpha value is -3.67. The summed E-state index contributed by atoms with van der Waals surface area (Å²) in [5.41, 5.74) is 0. The molecule has 0 heterocycles. The Morgan fingerprint density at radius 2 is 0.487 bits per heavy atom. The summed E-state index contributed by atoms with van der Waals surface area (Å²) in [6.45, 7) is 6.53. The first-order valence-corrected chi connectivity index (χ1v) is 34.2. The fourth-order valence-corrected chi connectivity index (χ4v) is 9.67. The number of unbranched alkanes of at least 4 members (excludes halogenated alkanes) is 35. The maximum Gasteiger partial charge on any atom is 0.306 e. The standard InChI is InChI=1S/C74H128O6/c1-4-7-10-13-16-19-22-25-28-31-33-35-36-37-38-40-41-43-46-49-52-55-58-61-64-67-73(76)79-70-71(69-78-72(75)66-63-60-57-54-51-48-45-30-27-24-21-18-15-12-9-6-3)80-74(77)68-65-62-59-56-53-50-47-44-42-39-34-32-29-26-23-20-17-14-11-8-5-2/h8,11,17,20,22,25-26,29-31,33-34,36-37,39,45,71H,4-7,9-10,12-16,18-19,21,23-24,27-28,32,35,38,40-44,46-70H2,1-3H3/b11-8-,20-17-,25-22-,29-26-,33-31-,37-36-,39-34-,45-30-. The average Bonchev–Trinajstić information content (AvgIpc) is 3.46. The molecule has 0 aliphatic carbocycles. The van der Waals surface area contributed by atoms with E-state index in [9.17, 15) is 14.4 Å². The van der Waals surface area contributed by atoms with Crippen LogP contribution in [0.15, 0.2) is 97.2 Å². The Balaban J connectivity index is 4.38. The molecule has 0 saturated carbocycles. The predicted molar refractivity (Wildman–Crippen MR) is 348 cm³/mol. The number of esters is 3. The Kier molecular flexibility index (Phi) is 64.7. The van der Waals surface area contributed by atoms with E-state index in [0.717, 1.165) is 109 Å². The molecule has 0 saturated heterocycles. The number of ether oxygens (including phenoxy) is 3. The fraction of sp³-hybridized carbons (Fsp3) is 0.743. The first-order valence-electron chi connectivity index (χ1n) is 34.2. The summed E-state index contributed by atoms with van der Waals surface area (Å²) in [5, 5.41) is 0. The molecule has 0 aromatic rings. The highest BCUT2D eigenvalue weighted by atomic mass is 16.6. The van der Waals surface area contributed by atoms with Gasteiger partial charge in [0.15, 0.2) is 6.10 Å². The van der Waals surface area contributed by atoms with Crippen molar-refractivity contribution in [2.75, 3.05) is 13.2 Å². The van der Waals surface area contributed by atoms with E-state index in [1.807, 2.05) is 0 Å². The molecule has 1 unspecified atom stereocenters. The van der Waals surface area contributed by atoms with E-state index >= 15 is 0 Å². The van der Waals surface area contributed by atoms with Gasteiger partial charge < -0.3 is 14.2 Å². The summed E-state index contributed by atoms with van der Waals surface area (Å²) in [6.07, 6.45) is 91.3.